The van der Waals surface area contributed by atoms with Crippen LogP contribution in [0.15, 0.2) is 35.5 Å². The third-order valence-electron chi connectivity index (χ3n) is 5.38. The van der Waals surface area contributed by atoms with Crippen molar-refractivity contribution < 1.29 is 29.2 Å². The number of fused-ring (bicyclic) bond motifs is 1. The lowest BCUT2D eigenvalue weighted by atomic mass is 9.74. The summed E-state index contributed by atoms with van der Waals surface area (Å²) in [6, 6.07) is 4.36. The van der Waals surface area contributed by atoms with Crippen LogP contribution in [0.25, 0.3) is 0 Å². The van der Waals surface area contributed by atoms with E-state index in [0.29, 0.717) is 5.57 Å². The highest BCUT2D eigenvalue weighted by Gasteiger charge is 2.59. The number of carbonyl (C=O) groups excluding carboxylic acids is 3. The summed E-state index contributed by atoms with van der Waals surface area (Å²) >= 11 is 0. The minimum atomic E-state index is -1.02. The van der Waals surface area contributed by atoms with E-state index in [2.05, 4.69) is 0 Å². The van der Waals surface area contributed by atoms with Crippen molar-refractivity contribution in [2.24, 2.45) is 17.8 Å². The maximum absolute atomic E-state index is 12.6. The number of ether oxygens (including phenoxy) is 1. The molecule has 0 bridgehead atoms. The lowest BCUT2D eigenvalue weighted by Gasteiger charge is -2.47. The number of carbonyl (C=O) groups is 3. The first-order chi connectivity index (χ1) is 13.2. The van der Waals surface area contributed by atoms with Gasteiger partial charge in [-0.1, -0.05) is 20.8 Å². The highest BCUT2D eigenvalue weighted by atomic mass is 16.6. The van der Waals surface area contributed by atoms with Gasteiger partial charge in [-0.3, -0.25) is 14.9 Å². The summed E-state index contributed by atoms with van der Waals surface area (Å²) in [6.07, 6.45) is 0. The van der Waals surface area contributed by atoms with Crippen molar-refractivity contribution in [3.8, 4) is 0 Å². The van der Waals surface area contributed by atoms with Crippen molar-refractivity contribution in [2.45, 2.75) is 26.8 Å². The fourth-order valence-corrected chi connectivity index (χ4v) is 3.94. The van der Waals surface area contributed by atoms with Gasteiger partial charge in [0.1, 0.15) is 5.70 Å². The zero-order valence-corrected chi connectivity index (χ0v) is 15.6. The Kier molecular flexibility index (Phi) is 5.03. The Morgan fingerprint density at radius 2 is 1.86 bits per heavy atom. The first kappa shape index (κ1) is 19.7. The van der Waals surface area contributed by atoms with E-state index in [-0.39, 0.29) is 46.7 Å². The standard InChI is InChI=1S/C19H20N2O7/c1-9(2)14-15-10(3)13(8-22)16(20(15)17(14)23)19(25)28-18(24)11-4-6-12(7-5-11)21(26)27/h4-7,9-10,14-15,22H,8H2,1-3H3/t10-,14+,15+/m0/s1. The molecule has 9 heteroatoms. The van der Waals surface area contributed by atoms with Crippen molar-refractivity contribution in [2.75, 3.05) is 6.61 Å². The number of non-ortho nitro benzene ring substituents is 1. The first-order valence-electron chi connectivity index (χ1n) is 8.87. The number of nitrogens with zero attached hydrogens (tertiary/aromatic N) is 2. The second-order valence-corrected chi connectivity index (χ2v) is 7.27. The number of aliphatic hydroxyl groups excluding tert-OH is 1. The van der Waals surface area contributed by atoms with Crippen molar-refractivity contribution in [1.29, 1.82) is 0 Å². The Morgan fingerprint density at radius 3 is 2.36 bits per heavy atom. The number of nitro benzene ring substituents is 1. The molecule has 2 aliphatic heterocycles. The molecule has 28 heavy (non-hydrogen) atoms. The van der Waals surface area contributed by atoms with Gasteiger partial charge in [0, 0.05) is 18.1 Å². The molecule has 2 aliphatic rings. The molecular formula is C19H20N2O7. The van der Waals surface area contributed by atoms with Gasteiger partial charge in [0.25, 0.3) is 5.69 Å². The smallest absolute Gasteiger partial charge is 0.362 e. The molecule has 1 aromatic rings. The lowest BCUT2D eigenvalue weighted by molar-refractivity contribution is -0.384. The number of nitro groups is 1. The van der Waals surface area contributed by atoms with Crippen LogP contribution in [-0.4, -0.2) is 45.4 Å². The largest absolute Gasteiger partial charge is 0.392 e. The number of aliphatic hydroxyl groups is 1. The minimum Gasteiger partial charge on any atom is -0.392 e. The van der Waals surface area contributed by atoms with Crippen molar-refractivity contribution in [3.63, 3.8) is 0 Å². The molecule has 0 unspecified atom stereocenters. The van der Waals surface area contributed by atoms with E-state index in [4.69, 9.17) is 4.74 Å². The van der Waals surface area contributed by atoms with Gasteiger partial charge in [0.15, 0.2) is 0 Å². The molecule has 1 fully saturated rings. The monoisotopic (exact) mass is 388 g/mol. The van der Waals surface area contributed by atoms with Crippen molar-refractivity contribution >= 4 is 23.5 Å². The highest BCUT2D eigenvalue weighted by Crippen LogP contribution is 2.48. The van der Waals surface area contributed by atoms with Gasteiger partial charge < -0.3 is 14.7 Å². The maximum atomic E-state index is 12.6. The van der Waals surface area contributed by atoms with Gasteiger partial charge in [-0.2, -0.15) is 0 Å². The first-order valence-corrected chi connectivity index (χ1v) is 8.87. The molecule has 1 saturated heterocycles. The number of β-lactam (4-membered cyclic amide) rings is 1. The molecule has 0 radical (unpaired) electrons. The summed E-state index contributed by atoms with van der Waals surface area (Å²) in [7, 11) is 0. The van der Waals surface area contributed by atoms with E-state index in [1.807, 2.05) is 20.8 Å². The minimum absolute atomic E-state index is 0.0392. The number of hydrogen-bond donors (Lipinski definition) is 1. The van der Waals surface area contributed by atoms with E-state index in [9.17, 15) is 29.6 Å². The summed E-state index contributed by atoms with van der Waals surface area (Å²) in [5.74, 6) is -2.65. The summed E-state index contributed by atoms with van der Waals surface area (Å²) in [5.41, 5.74) is 0.0364. The number of amides is 1. The van der Waals surface area contributed by atoms with Crippen LogP contribution in [0.2, 0.25) is 0 Å². The van der Waals surface area contributed by atoms with Crippen molar-refractivity contribution in [1.82, 2.24) is 4.90 Å². The molecule has 9 nitrogen and oxygen atoms in total. The number of hydrogen-bond acceptors (Lipinski definition) is 7. The number of benzene rings is 1. The van der Waals surface area contributed by atoms with Crippen LogP contribution in [0.1, 0.15) is 31.1 Å². The second-order valence-electron chi connectivity index (χ2n) is 7.27. The lowest BCUT2D eigenvalue weighted by Crippen LogP contribution is -2.62. The van der Waals surface area contributed by atoms with E-state index >= 15 is 0 Å². The predicted octanol–water partition coefficient (Wildman–Crippen LogP) is 1.66. The van der Waals surface area contributed by atoms with Gasteiger partial charge in [-0.25, -0.2) is 9.59 Å². The highest BCUT2D eigenvalue weighted by molar-refractivity contribution is 6.06. The van der Waals surface area contributed by atoms with E-state index in [1.54, 1.807) is 0 Å². The molecule has 0 spiro atoms. The molecule has 1 N–H and O–H groups in total. The van der Waals surface area contributed by atoms with Crippen LogP contribution in [0.5, 0.6) is 0 Å². The molecular weight excluding hydrogens is 368 g/mol. The third kappa shape index (κ3) is 2.97. The third-order valence-corrected chi connectivity index (χ3v) is 5.38. The molecule has 0 aliphatic carbocycles. The van der Waals surface area contributed by atoms with Gasteiger partial charge in [0.2, 0.25) is 5.91 Å². The van der Waals surface area contributed by atoms with Gasteiger partial charge in [0.05, 0.1) is 29.1 Å². The molecule has 1 aromatic carbocycles. The molecule has 148 valence electrons. The topological polar surface area (TPSA) is 127 Å². The SMILES string of the molecule is CC(C)[C@H]1C(=O)N2C(C(=O)OC(=O)c3ccc([N+](=O)[O-])cc3)=C(CO)[C@H](C)[C@H]12. The molecule has 3 atom stereocenters. The van der Waals surface area contributed by atoms with Gasteiger partial charge >= 0.3 is 11.9 Å². The maximum Gasteiger partial charge on any atom is 0.362 e. The van der Waals surface area contributed by atoms with Crippen LogP contribution in [-0.2, 0) is 14.3 Å². The van der Waals surface area contributed by atoms with Crippen molar-refractivity contribution in [3.05, 3.63) is 51.2 Å². The Labute approximate surface area is 160 Å². The Hall–Kier alpha value is -3.07. The van der Waals surface area contributed by atoms with Gasteiger partial charge in [-0.15, -0.1) is 0 Å². The molecule has 1 amide bonds. The second kappa shape index (κ2) is 7.16. The van der Waals surface area contributed by atoms with Crippen LogP contribution >= 0.6 is 0 Å². The zero-order chi connectivity index (χ0) is 20.7. The predicted molar refractivity (Wildman–Crippen MR) is 95.8 cm³/mol. The summed E-state index contributed by atoms with van der Waals surface area (Å²) in [5, 5.41) is 20.4. The quantitative estimate of drug-likeness (QED) is 0.267. The Balaban J connectivity index is 1.81. The molecule has 0 saturated carbocycles. The number of esters is 2. The summed E-state index contributed by atoms with van der Waals surface area (Å²) in [4.78, 5) is 48.7. The fourth-order valence-electron chi connectivity index (χ4n) is 3.94. The molecule has 2 heterocycles. The Morgan fingerprint density at radius 1 is 1.25 bits per heavy atom. The Bertz CT molecular complexity index is 888. The molecule has 3 rings (SSSR count). The number of rotatable bonds is 5. The van der Waals surface area contributed by atoms with Crippen LogP contribution in [0.4, 0.5) is 5.69 Å². The van der Waals surface area contributed by atoms with E-state index in [0.717, 1.165) is 12.1 Å². The zero-order valence-electron chi connectivity index (χ0n) is 15.6. The van der Waals surface area contributed by atoms with Crippen LogP contribution < -0.4 is 0 Å². The average Bonchev–Trinajstić information content (AvgIpc) is 2.89. The summed E-state index contributed by atoms with van der Waals surface area (Å²) in [6.45, 7) is 5.23. The average molecular weight is 388 g/mol. The van der Waals surface area contributed by atoms with Crippen LogP contribution in [0.3, 0.4) is 0 Å². The summed E-state index contributed by atoms with van der Waals surface area (Å²) < 4.78 is 4.89. The fraction of sp³-hybridized carbons (Fsp3) is 0.421. The normalized spacial score (nSPS) is 23.5. The van der Waals surface area contributed by atoms with Crippen LogP contribution in [0, 0.1) is 27.9 Å². The van der Waals surface area contributed by atoms with E-state index in [1.165, 1.54) is 17.0 Å². The van der Waals surface area contributed by atoms with E-state index < -0.39 is 23.5 Å². The molecule has 0 aromatic heterocycles. The van der Waals surface area contributed by atoms with Gasteiger partial charge in [-0.05, 0) is 23.6 Å².